The average molecular weight is 738 g/mol. The van der Waals surface area contributed by atoms with Crippen molar-refractivity contribution in [1.82, 2.24) is 13.7 Å². The molecule has 0 atom stereocenters. The standard InChI is InChI=1S/C55H35N3/c1-3-15-35(16-4-1)44-33-39(34-46-40-20-8-7-17-36(40)31-45(44)46)58-50-26-14-11-23-43(50)55-53(58)30-29-52-54(55)42-22-10-13-25-49(42)57(52)38-27-28-51-47(32-38)41-21-9-12-24-48(41)56(51)37-18-5-2-6-19-37/h1-30,32-34H,31H2. The summed E-state index contributed by atoms with van der Waals surface area (Å²) in [6.45, 7) is 0. The summed E-state index contributed by atoms with van der Waals surface area (Å²) in [4.78, 5) is 0. The van der Waals surface area contributed by atoms with Crippen LogP contribution in [0, 0.1) is 0 Å². The molecular weight excluding hydrogens is 703 g/mol. The third kappa shape index (κ3) is 4.33. The second kappa shape index (κ2) is 11.9. The summed E-state index contributed by atoms with van der Waals surface area (Å²) >= 11 is 0. The topological polar surface area (TPSA) is 14.8 Å². The number of fused-ring (bicyclic) bond motifs is 13. The number of hydrogen-bond acceptors (Lipinski definition) is 0. The molecule has 1 aliphatic rings. The summed E-state index contributed by atoms with van der Waals surface area (Å²) in [6.07, 6.45) is 0.946. The Kier molecular flexibility index (Phi) is 6.50. The van der Waals surface area contributed by atoms with Crippen LogP contribution in [0.15, 0.2) is 200 Å². The Morgan fingerprint density at radius 3 is 1.50 bits per heavy atom. The molecule has 3 heteroatoms. The second-order valence-electron chi connectivity index (χ2n) is 15.7. The van der Waals surface area contributed by atoms with Crippen LogP contribution in [-0.2, 0) is 6.42 Å². The van der Waals surface area contributed by atoms with E-state index < -0.39 is 0 Å². The highest BCUT2D eigenvalue weighted by Crippen LogP contribution is 2.47. The van der Waals surface area contributed by atoms with Gasteiger partial charge < -0.3 is 13.7 Å². The molecule has 0 amide bonds. The van der Waals surface area contributed by atoms with E-state index >= 15 is 0 Å². The fourth-order valence-electron chi connectivity index (χ4n) is 10.2. The molecule has 0 saturated heterocycles. The first kappa shape index (κ1) is 31.6. The zero-order valence-electron chi connectivity index (χ0n) is 31.6. The Balaban J connectivity index is 1.10. The van der Waals surface area contributed by atoms with Gasteiger partial charge in [0.05, 0.1) is 33.1 Å². The smallest absolute Gasteiger partial charge is 0.0548 e. The second-order valence-corrected chi connectivity index (χ2v) is 15.7. The molecule has 58 heavy (non-hydrogen) atoms. The molecule has 3 nitrogen and oxygen atoms in total. The Labute approximate surface area is 334 Å². The van der Waals surface area contributed by atoms with Gasteiger partial charge in [-0.05, 0) is 113 Å². The molecule has 270 valence electrons. The minimum atomic E-state index is 0.946. The van der Waals surface area contributed by atoms with Gasteiger partial charge in [0.1, 0.15) is 0 Å². The number of rotatable bonds is 4. The van der Waals surface area contributed by atoms with Gasteiger partial charge in [-0.1, -0.05) is 127 Å². The van der Waals surface area contributed by atoms with Crippen molar-refractivity contribution in [3.05, 3.63) is 211 Å². The van der Waals surface area contributed by atoms with Gasteiger partial charge in [0.25, 0.3) is 0 Å². The van der Waals surface area contributed by atoms with Crippen LogP contribution in [0.25, 0.3) is 105 Å². The molecule has 9 aromatic carbocycles. The highest BCUT2D eigenvalue weighted by atomic mass is 15.0. The fraction of sp³-hybridized carbons (Fsp3) is 0.0182. The normalized spacial score (nSPS) is 12.4. The predicted octanol–water partition coefficient (Wildman–Crippen LogP) is 14.2. The number of para-hydroxylation sites is 4. The van der Waals surface area contributed by atoms with Crippen LogP contribution in [0.5, 0.6) is 0 Å². The van der Waals surface area contributed by atoms with Gasteiger partial charge in [-0.3, -0.25) is 0 Å². The lowest BCUT2D eigenvalue weighted by Crippen LogP contribution is -1.98. The van der Waals surface area contributed by atoms with Crippen LogP contribution in [0.1, 0.15) is 11.1 Å². The van der Waals surface area contributed by atoms with Crippen LogP contribution in [0.4, 0.5) is 0 Å². The molecule has 0 saturated carbocycles. The molecular formula is C55H35N3. The van der Waals surface area contributed by atoms with Gasteiger partial charge in [0, 0.05) is 49.4 Å². The van der Waals surface area contributed by atoms with E-state index in [0.29, 0.717) is 0 Å². The first-order valence-electron chi connectivity index (χ1n) is 20.2. The van der Waals surface area contributed by atoms with E-state index in [2.05, 4.69) is 214 Å². The van der Waals surface area contributed by atoms with Crippen molar-refractivity contribution < 1.29 is 0 Å². The number of aromatic nitrogens is 3. The first-order valence-corrected chi connectivity index (χ1v) is 20.2. The van der Waals surface area contributed by atoms with Crippen molar-refractivity contribution in [2.45, 2.75) is 6.42 Å². The van der Waals surface area contributed by atoms with Gasteiger partial charge in [-0.15, -0.1) is 0 Å². The SMILES string of the molecule is c1ccc(-c2cc(-n3c4ccccc4c4c5c6ccccc6n(-c6ccc7c(c6)c6ccccc6n7-c6ccccc6)c5ccc43)cc3c2Cc2ccccc2-3)cc1. The minimum Gasteiger partial charge on any atom is -0.309 e. The molecule has 3 aromatic heterocycles. The molecule has 0 spiro atoms. The van der Waals surface area contributed by atoms with Crippen molar-refractivity contribution in [2.24, 2.45) is 0 Å². The third-order valence-corrected chi connectivity index (χ3v) is 12.7. The zero-order chi connectivity index (χ0) is 37.9. The summed E-state index contributed by atoms with van der Waals surface area (Å²) in [7, 11) is 0. The molecule has 0 bridgehead atoms. The number of hydrogen-bond donors (Lipinski definition) is 0. The van der Waals surface area contributed by atoms with Gasteiger partial charge in [-0.2, -0.15) is 0 Å². The molecule has 12 aromatic rings. The van der Waals surface area contributed by atoms with Crippen LogP contribution in [0.3, 0.4) is 0 Å². The van der Waals surface area contributed by atoms with Crippen LogP contribution >= 0.6 is 0 Å². The van der Waals surface area contributed by atoms with E-state index in [1.807, 2.05) is 0 Å². The maximum Gasteiger partial charge on any atom is 0.0548 e. The first-order chi connectivity index (χ1) is 28.8. The van der Waals surface area contributed by atoms with Crippen molar-refractivity contribution in [3.63, 3.8) is 0 Å². The van der Waals surface area contributed by atoms with Crippen molar-refractivity contribution in [1.29, 1.82) is 0 Å². The van der Waals surface area contributed by atoms with Crippen LogP contribution in [0.2, 0.25) is 0 Å². The van der Waals surface area contributed by atoms with Crippen LogP contribution < -0.4 is 0 Å². The molecule has 13 rings (SSSR count). The summed E-state index contributed by atoms with van der Waals surface area (Å²) in [6, 6.07) is 73.8. The molecule has 0 aliphatic heterocycles. The van der Waals surface area contributed by atoms with Crippen molar-refractivity contribution in [2.75, 3.05) is 0 Å². The van der Waals surface area contributed by atoms with Gasteiger partial charge >= 0.3 is 0 Å². The molecule has 0 radical (unpaired) electrons. The highest BCUT2D eigenvalue weighted by molar-refractivity contribution is 6.29. The van der Waals surface area contributed by atoms with Gasteiger partial charge in [0.2, 0.25) is 0 Å². The Hall–Kier alpha value is -7.62. The van der Waals surface area contributed by atoms with E-state index in [9.17, 15) is 0 Å². The van der Waals surface area contributed by atoms with Gasteiger partial charge in [0.15, 0.2) is 0 Å². The third-order valence-electron chi connectivity index (χ3n) is 12.7. The lowest BCUT2D eigenvalue weighted by Gasteiger charge is -2.15. The summed E-state index contributed by atoms with van der Waals surface area (Å²) in [5.74, 6) is 0. The Morgan fingerprint density at radius 2 is 0.793 bits per heavy atom. The Morgan fingerprint density at radius 1 is 0.293 bits per heavy atom. The fourth-order valence-corrected chi connectivity index (χ4v) is 10.2. The summed E-state index contributed by atoms with van der Waals surface area (Å²) in [5, 5.41) is 7.58. The average Bonchev–Trinajstić information content (AvgIpc) is 4.03. The van der Waals surface area contributed by atoms with Crippen LogP contribution in [-0.4, -0.2) is 13.7 Å². The van der Waals surface area contributed by atoms with E-state index in [1.165, 1.54) is 110 Å². The number of nitrogens with zero attached hydrogens (tertiary/aromatic N) is 3. The Bertz CT molecular complexity index is 3640. The zero-order valence-corrected chi connectivity index (χ0v) is 31.6. The maximum atomic E-state index is 2.51. The maximum absolute atomic E-state index is 2.51. The predicted molar refractivity (Wildman–Crippen MR) is 243 cm³/mol. The molecule has 0 fully saturated rings. The monoisotopic (exact) mass is 737 g/mol. The number of benzene rings is 9. The summed E-state index contributed by atoms with van der Waals surface area (Å²) in [5.41, 5.74) is 18.8. The van der Waals surface area contributed by atoms with Gasteiger partial charge in [-0.25, -0.2) is 0 Å². The lowest BCUT2D eigenvalue weighted by atomic mass is 9.94. The van der Waals surface area contributed by atoms with E-state index in [0.717, 1.165) is 12.1 Å². The lowest BCUT2D eigenvalue weighted by molar-refractivity contribution is 1.16. The molecule has 3 heterocycles. The molecule has 0 N–H and O–H groups in total. The highest BCUT2D eigenvalue weighted by Gasteiger charge is 2.26. The summed E-state index contributed by atoms with van der Waals surface area (Å²) < 4.78 is 7.37. The molecule has 1 aliphatic carbocycles. The minimum absolute atomic E-state index is 0.946. The van der Waals surface area contributed by atoms with E-state index in [4.69, 9.17) is 0 Å². The molecule has 0 unspecified atom stereocenters. The van der Waals surface area contributed by atoms with E-state index in [-0.39, 0.29) is 0 Å². The largest absolute Gasteiger partial charge is 0.309 e. The van der Waals surface area contributed by atoms with Crippen molar-refractivity contribution >= 4 is 65.4 Å². The van der Waals surface area contributed by atoms with Crippen molar-refractivity contribution in [3.8, 4) is 39.3 Å². The quantitative estimate of drug-likeness (QED) is 0.171. The van der Waals surface area contributed by atoms with E-state index in [1.54, 1.807) is 0 Å².